The van der Waals surface area contributed by atoms with Crippen LogP contribution in [-0.4, -0.2) is 30.8 Å². The molecule has 0 spiro atoms. The molecule has 0 saturated heterocycles. The number of fused-ring (bicyclic) bond motifs is 1. The molecule has 4 rings (SSSR count). The van der Waals surface area contributed by atoms with Crippen LogP contribution in [0.25, 0.3) is 16.7 Å². The van der Waals surface area contributed by atoms with Gasteiger partial charge in [-0.1, -0.05) is 0 Å². The van der Waals surface area contributed by atoms with Crippen LogP contribution in [0.1, 0.15) is 19.5 Å². The van der Waals surface area contributed by atoms with E-state index in [0.29, 0.717) is 11.3 Å². The van der Waals surface area contributed by atoms with E-state index < -0.39 is 16.5 Å². The molecule has 1 aromatic carbocycles. The Morgan fingerprint density at radius 1 is 1.38 bits per heavy atom. The highest BCUT2D eigenvalue weighted by atomic mass is 32.2. The molecule has 0 aliphatic rings. The van der Waals surface area contributed by atoms with Gasteiger partial charge < -0.3 is 14.3 Å². The summed E-state index contributed by atoms with van der Waals surface area (Å²) in [5, 5.41) is -0.344. The molecule has 7 heteroatoms. The van der Waals surface area contributed by atoms with Gasteiger partial charge in [0.25, 0.3) is 0 Å². The van der Waals surface area contributed by atoms with Crippen LogP contribution >= 0.6 is 0 Å². The van der Waals surface area contributed by atoms with E-state index in [9.17, 15) is 4.21 Å². The van der Waals surface area contributed by atoms with Crippen LogP contribution in [0.3, 0.4) is 0 Å². The Morgan fingerprint density at radius 3 is 2.96 bits per heavy atom. The number of aromatic nitrogens is 4. The van der Waals surface area contributed by atoms with Gasteiger partial charge in [-0.3, -0.25) is 9.19 Å². The highest BCUT2D eigenvalue weighted by Crippen LogP contribution is 2.22. The van der Waals surface area contributed by atoms with Crippen molar-refractivity contribution < 1.29 is 18.6 Å². The van der Waals surface area contributed by atoms with Gasteiger partial charge in [-0.2, -0.15) is 0 Å². The minimum absolute atomic E-state index is 0.0936. The molecule has 1 atom stereocenters. The van der Waals surface area contributed by atoms with Gasteiger partial charge in [-0.15, -0.1) is 0 Å². The maximum atomic E-state index is 13.3. The Bertz CT molecular complexity index is 1410. The van der Waals surface area contributed by atoms with Crippen molar-refractivity contribution in [3.05, 3.63) is 66.2 Å². The van der Waals surface area contributed by atoms with E-state index in [0.717, 1.165) is 9.54 Å². The number of H-pyrrole nitrogens is 1. The molecule has 0 aliphatic carbocycles. The number of aromatic amines is 1. The number of ether oxygens (including phenoxy) is 1. The normalized spacial score (nSPS) is 16.8. The van der Waals surface area contributed by atoms with E-state index in [2.05, 4.69) is 9.97 Å². The van der Waals surface area contributed by atoms with Gasteiger partial charge in [0, 0.05) is 32.5 Å². The molecule has 0 aliphatic heterocycles. The van der Waals surface area contributed by atoms with Crippen LogP contribution in [0.2, 0.25) is 1.41 Å². The summed E-state index contributed by atoms with van der Waals surface area (Å²) in [5.74, 6) is 0.386. The molecular weight excluding hydrogens is 348 g/mol. The first-order valence-corrected chi connectivity index (χ1v) is 8.74. The zero-order valence-corrected chi connectivity index (χ0v) is 14.7. The summed E-state index contributed by atoms with van der Waals surface area (Å²) in [4.78, 5) is 9.01. The summed E-state index contributed by atoms with van der Waals surface area (Å²) >= 11 is 0. The third-order valence-electron chi connectivity index (χ3n) is 3.78. The minimum atomic E-state index is -2.48. The highest BCUT2D eigenvalue weighted by Gasteiger charge is 2.15. The average molecular weight is 373 g/mol. The Kier molecular flexibility index (Phi) is 2.67. The molecule has 3 aromatic heterocycles. The van der Waals surface area contributed by atoms with Crippen molar-refractivity contribution in [1.29, 1.82) is 0 Å². The fraction of sp³-hybridized carbons (Fsp3) is 0.158. The first-order valence-electron chi connectivity index (χ1n) is 11.0. The SMILES string of the molecule is [2H]c1c([2H])c([2H])n(-c2ccc3c(c2)nc(S(=O)C([2H])([2H])c2nccc(OC)c2C)n3[2H])c1[2H]. The van der Waals surface area contributed by atoms with Crippen LogP contribution in [-0.2, 0) is 16.5 Å². The third kappa shape index (κ3) is 3.01. The topological polar surface area (TPSA) is 72.8 Å². The van der Waals surface area contributed by atoms with E-state index in [-0.39, 0.29) is 52.0 Å². The van der Waals surface area contributed by atoms with Crippen molar-refractivity contribution in [2.75, 3.05) is 7.11 Å². The number of hydrogen-bond donors (Lipinski definition) is 1. The zero-order chi connectivity index (χ0) is 24.2. The lowest BCUT2D eigenvalue weighted by Gasteiger charge is -2.08. The maximum Gasteiger partial charge on any atom is 0.197 e. The third-order valence-corrected chi connectivity index (χ3v) is 4.67. The Labute approximate surface area is 163 Å². The standard InChI is InChI=1S/C19H18N4O2S/c1-13-17(20-8-7-18(13)25-2)12-26(24)19-21-15-6-5-14(11-16(15)22-19)23-9-3-4-10-23/h3-11H,12H2,1-2H3,(H,21,22)/i3D,4D,9D,10D,12D2/hD. The average Bonchev–Trinajstić information content (AvgIpc) is 3.21. The minimum Gasteiger partial charge on any atom is -0.496 e. The van der Waals surface area contributed by atoms with E-state index in [1.807, 2.05) is 0 Å². The number of imidazole rings is 1. The van der Waals surface area contributed by atoms with Gasteiger partial charge in [0.15, 0.2) is 6.57 Å². The molecule has 6 nitrogen and oxygen atoms in total. The highest BCUT2D eigenvalue weighted by molar-refractivity contribution is 7.84. The molecule has 0 radical (unpaired) electrons. The van der Waals surface area contributed by atoms with E-state index in [4.69, 9.17) is 14.4 Å². The first kappa shape index (κ1) is 10.3. The molecule has 1 unspecified atom stereocenters. The Morgan fingerprint density at radius 2 is 2.19 bits per heavy atom. The molecule has 0 amide bonds. The van der Waals surface area contributed by atoms with Gasteiger partial charge in [0.2, 0.25) is 0 Å². The van der Waals surface area contributed by atoms with Gasteiger partial charge in [-0.25, -0.2) is 4.98 Å². The molecular formula is C19H18N4O2S. The summed E-state index contributed by atoms with van der Waals surface area (Å²) in [6.45, 7) is 1.60. The molecule has 0 saturated carbocycles. The van der Waals surface area contributed by atoms with Crippen molar-refractivity contribution in [3.63, 3.8) is 0 Å². The number of rotatable bonds is 5. The largest absolute Gasteiger partial charge is 0.496 e. The molecule has 26 heavy (non-hydrogen) atoms. The van der Waals surface area contributed by atoms with Gasteiger partial charge >= 0.3 is 0 Å². The van der Waals surface area contributed by atoms with Crippen LogP contribution in [0.15, 0.2) is 60.0 Å². The summed E-state index contributed by atoms with van der Waals surface area (Å²) in [5.41, 5.74) is -1.51. The number of methoxy groups -OCH3 is 1. The van der Waals surface area contributed by atoms with Gasteiger partial charge in [0.05, 0.1) is 45.8 Å². The lowest BCUT2D eigenvalue weighted by Crippen LogP contribution is -2.03. The second-order valence-electron chi connectivity index (χ2n) is 5.35. The fourth-order valence-corrected chi connectivity index (χ4v) is 3.28. The van der Waals surface area contributed by atoms with Crippen LogP contribution in [0, 0.1) is 6.92 Å². The van der Waals surface area contributed by atoms with Crippen LogP contribution in [0.5, 0.6) is 5.75 Å². The maximum absolute atomic E-state index is 13.3. The van der Waals surface area contributed by atoms with Crippen LogP contribution in [0.4, 0.5) is 0 Å². The molecule has 0 fully saturated rings. The molecule has 3 heterocycles. The number of pyridine rings is 1. The lowest BCUT2D eigenvalue weighted by molar-refractivity contribution is 0.410. The second-order valence-corrected chi connectivity index (χ2v) is 6.45. The summed E-state index contributed by atoms with van der Waals surface area (Å²) < 4.78 is 76.3. The van der Waals surface area contributed by atoms with Gasteiger partial charge in [0.1, 0.15) is 5.75 Å². The van der Waals surface area contributed by atoms with E-state index >= 15 is 0 Å². The second kappa shape index (κ2) is 6.76. The van der Waals surface area contributed by atoms with Crippen molar-refractivity contribution in [2.24, 2.45) is 0 Å². The van der Waals surface area contributed by atoms with Crippen molar-refractivity contribution in [3.8, 4) is 11.4 Å². The van der Waals surface area contributed by atoms with E-state index in [1.165, 1.54) is 31.5 Å². The fourth-order valence-electron chi connectivity index (χ4n) is 2.45. The summed E-state index contributed by atoms with van der Waals surface area (Å²) in [6, 6.07) is 5.16. The van der Waals surface area contributed by atoms with Crippen molar-refractivity contribution >= 4 is 21.8 Å². The van der Waals surface area contributed by atoms with Gasteiger partial charge in [-0.05, 0) is 43.3 Å². The Balaban J connectivity index is 1.82. The molecule has 4 aromatic rings. The smallest absolute Gasteiger partial charge is 0.197 e. The predicted octanol–water partition coefficient (Wildman–Crippen LogP) is 3.37. The monoisotopic (exact) mass is 373 g/mol. The number of hydrogen-bond acceptors (Lipinski definition) is 4. The van der Waals surface area contributed by atoms with Crippen molar-refractivity contribution in [1.82, 2.24) is 19.5 Å². The first-order chi connectivity index (χ1) is 15.5. The molecule has 0 bridgehead atoms. The summed E-state index contributed by atoms with van der Waals surface area (Å²) in [7, 11) is -0.998. The predicted molar refractivity (Wildman–Crippen MR) is 101 cm³/mol. The Hall–Kier alpha value is -2.93. The molecule has 1 N–H and O–H groups in total. The van der Waals surface area contributed by atoms with Crippen LogP contribution < -0.4 is 4.74 Å². The zero-order valence-electron chi connectivity index (χ0n) is 20.9. The quantitative estimate of drug-likeness (QED) is 0.582. The number of nitrogens with one attached hydrogen (secondary N) is 1. The van der Waals surface area contributed by atoms with Crippen molar-refractivity contribution in [2.45, 2.75) is 17.8 Å². The van der Waals surface area contributed by atoms with E-state index in [1.54, 1.807) is 13.0 Å². The molecule has 132 valence electrons. The lowest BCUT2D eigenvalue weighted by atomic mass is 10.2. The number of benzene rings is 1. The summed E-state index contributed by atoms with van der Waals surface area (Å²) in [6.07, 6.45) is 0.671. The number of nitrogens with zero attached hydrogens (tertiary/aromatic N) is 3.